The van der Waals surface area contributed by atoms with Crippen molar-refractivity contribution < 1.29 is 24.2 Å². The molecule has 0 bridgehead atoms. The fourth-order valence-corrected chi connectivity index (χ4v) is 5.71. The van der Waals surface area contributed by atoms with E-state index in [1.54, 1.807) is 6.92 Å². The predicted molar refractivity (Wildman–Crippen MR) is 150 cm³/mol. The number of benzene rings is 1. The van der Waals surface area contributed by atoms with Crippen LogP contribution >= 0.6 is 22.6 Å². The quantitative estimate of drug-likeness (QED) is 0.256. The van der Waals surface area contributed by atoms with Gasteiger partial charge in [0, 0.05) is 26.0 Å². The molecule has 11 heteroatoms. The average molecular weight is 640 g/mol. The lowest BCUT2D eigenvalue weighted by Gasteiger charge is -2.40. The minimum atomic E-state index is -0.380. The summed E-state index contributed by atoms with van der Waals surface area (Å²) in [5, 5.41) is 16.0. The van der Waals surface area contributed by atoms with Crippen LogP contribution in [0.25, 0.3) is 0 Å². The van der Waals surface area contributed by atoms with Crippen molar-refractivity contribution in [3.63, 3.8) is 0 Å². The molecule has 3 heterocycles. The number of halogens is 1. The Morgan fingerprint density at radius 3 is 2.74 bits per heavy atom. The van der Waals surface area contributed by atoms with Crippen LogP contribution in [0.15, 0.2) is 36.5 Å². The van der Waals surface area contributed by atoms with Crippen molar-refractivity contribution in [1.82, 2.24) is 25.1 Å². The summed E-state index contributed by atoms with van der Waals surface area (Å²) >= 11 is 2.15. The van der Waals surface area contributed by atoms with Crippen LogP contribution < -0.4 is 10.6 Å². The van der Waals surface area contributed by atoms with Gasteiger partial charge in [0.2, 0.25) is 0 Å². The van der Waals surface area contributed by atoms with Gasteiger partial charge < -0.3 is 34.7 Å². The molecule has 38 heavy (non-hydrogen) atoms. The minimum Gasteiger partial charge on any atom is -0.459 e. The van der Waals surface area contributed by atoms with E-state index in [4.69, 9.17) is 14.5 Å². The highest BCUT2D eigenvalue weighted by Crippen LogP contribution is 2.36. The third-order valence-electron chi connectivity index (χ3n) is 7.15. The van der Waals surface area contributed by atoms with Gasteiger partial charge in [0.25, 0.3) is 0 Å². The highest BCUT2D eigenvalue weighted by atomic mass is 127. The molecular formula is C27H38IN5O5. The molecular weight excluding hydrogens is 601 g/mol. The van der Waals surface area contributed by atoms with Gasteiger partial charge in [-0.2, -0.15) is 0 Å². The van der Waals surface area contributed by atoms with Crippen LogP contribution in [0.2, 0.25) is 0 Å². The largest absolute Gasteiger partial charge is 0.459 e. The van der Waals surface area contributed by atoms with Gasteiger partial charge >= 0.3 is 12.0 Å². The number of carbonyl (C=O) groups is 2. The lowest BCUT2D eigenvalue weighted by molar-refractivity contribution is -0.145. The number of ether oxygens (including phenoxy) is 2. The van der Waals surface area contributed by atoms with Crippen molar-refractivity contribution in [2.75, 3.05) is 39.5 Å². The van der Waals surface area contributed by atoms with Crippen molar-refractivity contribution in [1.29, 1.82) is 0 Å². The Hall–Kier alpha value is -2.22. The zero-order valence-corrected chi connectivity index (χ0v) is 24.0. The molecule has 0 unspecified atom stereocenters. The first-order chi connectivity index (χ1) is 18.4. The number of esters is 1. The maximum Gasteiger partial charge on any atom is 0.326 e. The minimum absolute atomic E-state index is 0.00533. The molecule has 3 atom stereocenters. The lowest BCUT2D eigenvalue weighted by Crippen LogP contribution is -2.51. The van der Waals surface area contributed by atoms with Gasteiger partial charge in [-0.05, 0) is 79.3 Å². The van der Waals surface area contributed by atoms with Gasteiger partial charge in [-0.3, -0.25) is 4.79 Å². The normalized spacial score (nSPS) is 19.6. The van der Waals surface area contributed by atoms with E-state index in [1.165, 1.54) is 0 Å². The Balaban J connectivity index is 1.61. The van der Waals surface area contributed by atoms with Gasteiger partial charge in [-0.1, -0.05) is 30.3 Å². The SMILES string of the molecule is C[C@@H](CO)NC(=O)N(C[C@H]1CCNC1)[C@@H](c1nc(I)cn1CC(=O)OCc1ccccc1)C1CCOCC1. The summed E-state index contributed by atoms with van der Waals surface area (Å²) < 4.78 is 13.8. The van der Waals surface area contributed by atoms with Crippen molar-refractivity contribution in [3.05, 3.63) is 51.6 Å². The summed E-state index contributed by atoms with van der Waals surface area (Å²) in [5.74, 6) is 0.742. The Morgan fingerprint density at radius 1 is 1.29 bits per heavy atom. The number of urea groups is 1. The van der Waals surface area contributed by atoms with E-state index in [0.29, 0.717) is 31.5 Å². The zero-order valence-electron chi connectivity index (χ0n) is 21.9. The van der Waals surface area contributed by atoms with Crippen LogP contribution in [-0.2, 0) is 27.4 Å². The van der Waals surface area contributed by atoms with E-state index in [9.17, 15) is 14.7 Å². The zero-order chi connectivity index (χ0) is 26.9. The number of nitrogens with zero attached hydrogens (tertiary/aromatic N) is 3. The molecule has 2 fully saturated rings. The molecule has 2 aromatic rings. The number of hydrogen-bond acceptors (Lipinski definition) is 7. The smallest absolute Gasteiger partial charge is 0.326 e. The van der Waals surface area contributed by atoms with Crippen LogP contribution in [0.5, 0.6) is 0 Å². The number of carbonyl (C=O) groups excluding carboxylic acids is 2. The summed E-state index contributed by atoms with van der Waals surface area (Å²) in [7, 11) is 0. The topological polar surface area (TPSA) is 118 Å². The van der Waals surface area contributed by atoms with Crippen LogP contribution in [0.3, 0.4) is 0 Å². The molecule has 1 aromatic carbocycles. The Morgan fingerprint density at radius 2 is 2.05 bits per heavy atom. The fourth-order valence-electron chi connectivity index (χ4n) is 5.13. The number of imidazole rings is 1. The third-order valence-corrected chi connectivity index (χ3v) is 7.67. The molecule has 0 radical (unpaired) electrons. The van der Waals surface area contributed by atoms with Gasteiger partial charge in [0.15, 0.2) is 0 Å². The maximum atomic E-state index is 13.7. The Kier molecular flexibility index (Phi) is 10.8. The van der Waals surface area contributed by atoms with E-state index < -0.39 is 0 Å². The predicted octanol–water partition coefficient (Wildman–Crippen LogP) is 2.70. The molecule has 0 spiro atoms. The highest BCUT2D eigenvalue weighted by Gasteiger charge is 2.38. The molecule has 0 aliphatic carbocycles. The number of rotatable bonds is 11. The number of nitrogens with one attached hydrogen (secondary N) is 2. The Bertz CT molecular complexity index is 1040. The van der Waals surface area contributed by atoms with Crippen molar-refractivity contribution >= 4 is 34.6 Å². The molecule has 2 aliphatic rings. The molecule has 3 N–H and O–H groups in total. The summed E-state index contributed by atoms with van der Waals surface area (Å²) in [6, 6.07) is 8.62. The van der Waals surface area contributed by atoms with Gasteiger partial charge in [-0.25, -0.2) is 9.78 Å². The maximum absolute atomic E-state index is 13.7. The number of amides is 2. The summed E-state index contributed by atoms with van der Waals surface area (Å²) in [5.41, 5.74) is 0.924. The average Bonchev–Trinajstić information content (AvgIpc) is 3.57. The van der Waals surface area contributed by atoms with E-state index in [0.717, 1.165) is 41.6 Å². The number of hydrogen-bond donors (Lipinski definition) is 3. The second-order valence-electron chi connectivity index (χ2n) is 10.1. The molecule has 208 valence electrons. The van der Waals surface area contributed by atoms with Crippen LogP contribution in [0.4, 0.5) is 4.79 Å². The summed E-state index contributed by atoms with van der Waals surface area (Å²) in [4.78, 5) is 33.3. The van der Waals surface area contributed by atoms with Crippen LogP contribution in [0.1, 0.15) is 43.6 Å². The van der Waals surface area contributed by atoms with Crippen molar-refractivity contribution in [3.8, 4) is 0 Å². The second-order valence-corrected chi connectivity index (χ2v) is 11.2. The fraction of sp³-hybridized carbons (Fsp3) is 0.593. The summed E-state index contributed by atoms with van der Waals surface area (Å²) in [6.07, 6.45) is 4.40. The molecule has 4 rings (SSSR count). The monoisotopic (exact) mass is 639 g/mol. The van der Waals surface area contributed by atoms with Crippen LogP contribution in [0, 0.1) is 15.5 Å². The van der Waals surface area contributed by atoms with Gasteiger partial charge in [-0.15, -0.1) is 0 Å². The Labute approximate surface area is 237 Å². The number of aliphatic hydroxyl groups is 1. The van der Waals surface area contributed by atoms with Gasteiger partial charge in [0.05, 0.1) is 18.7 Å². The molecule has 2 saturated heterocycles. The molecule has 10 nitrogen and oxygen atoms in total. The van der Waals surface area contributed by atoms with Crippen molar-refractivity contribution in [2.45, 2.75) is 51.4 Å². The first-order valence-corrected chi connectivity index (χ1v) is 14.4. The van der Waals surface area contributed by atoms with Crippen LogP contribution in [-0.4, -0.2) is 77.1 Å². The molecule has 0 saturated carbocycles. The number of aromatic nitrogens is 2. The molecule has 2 amide bonds. The van der Waals surface area contributed by atoms with E-state index >= 15 is 0 Å². The highest BCUT2D eigenvalue weighted by molar-refractivity contribution is 14.1. The standard InChI is InChI=1S/C27H38IN5O5/c1-19(17-34)30-27(36)33(14-21-7-10-29-13-21)25(22-8-11-37-12-9-22)26-31-23(28)15-32(26)16-24(35)38-18-20-5-3-2-4-6-20/h2-6,15,19,21-22,25,29,34H,7-14,16-18H2,1H3,(H,30,36)/t19-,21-,25+/m0/s1. The van der Waals surface area contributed by atoms with E-state index in [2.05, 4.69) is 33.2 Å². The second kappa shape index (κ2) is 14.2. The first-order valence-electron chi connectivity index (χ1n) is 13.3. The van der Waals surface area contributed by atoms with Crippen molar-refractivity contribution in [2.24, 2.45) is 11.8 Å². The lowest BCUT2D eigenvalue weighted by atomic mass is 9.89. The molecule has 2 aliphatic heterocycles. The summed E-state index contributed by atoms with van der Waals surface area (Å²) in [6.45, 7) is 5.40. The first kappa shape index (κ1) is 28.8. The third kappa shape index (κ3) is 7.90. The van der Waals surface area contributed by atoms with Gasteiger partial charge in [0.1, 0.15) is 22.7 Å². The number of aliphatic hydroxyl groups excluding tert-OH is 1. The molecule has 1 aromatic heterocycles. The van der Waals surface area contributed by atoms with E-state index in [1.807, 2.05) is 46.0 Å². The van der Waals surface area contributed by atoms with E-state index in [-0.39, 0.29) is 49.8 Å².